The number of hydrogen-bond donors (Lipinski definition) is 3. The molecule has 1 fully saturated rings. The number of amides is 1. The first-order valence-corrected chi connectivity index (χ1v) is 6.46. The molecule has 3 N–H and O–H groups in total. The van der Waals surface area contributed by atoms with Gasteiger partial charge in [-0.1, -0.05) is 15.9 Å². The quantitative estimate of drug-likeness (QED) is 0.744. The van der Waals surface area contributed by atoms with Crippen molar-refractivity contribution in [1.82, 2.24) is 5.32 Å². The molecule has 18 heavy (non-hydrogen) atoms. The summed E-state index contributed by atoms with van der Waals surface area (Å²) in [5.41, 5.74) is 0.447. The molecule has 1 heterocycles. The van der Waals surface area contributed by atoms with E-state index >= 15 is 0 Å². The summed E-state index contributed by atoms with van der Waals surface area (Å²) in [7, 11) is 0. The number of rotatable bonds is 3. The first-order valence-electron chi connectivity index (χ1n) is 5.67. The summed E-state index contributed by atoms with van der Waals surface area (Å²) < 4.78 is 0.824. The van der Waals surface area contributed by atoms with E-state index in [0.29, 0.717) is 12.1 Å². The van der Waals surface area contributed by atoms with Crippen LogP contribution in [0.3, 0.4) is 0 Å². The molecule has 0 aliphatic carbocycles. The maximum atomic E-state index is 11.8. The number of nitrogens with one attached hydrogen (secondary N) is 2. The van der Waals surface area contributed by atoms with Crippen molar-refractivity contribution in [2.75, 3.05) is 11.9 Å². The lowest BCUT2D eigenvalue weighted by atomic mass is 10.1. The first-order chi connectivity index (χ1) is 8.15. The van der Waals surface area contributed by atoms with Crippen LogP contribution in [0.4, 0.5) is 5.69 Å². The summed E-state index contributed by atoms with van der Waals surface area (Å²) in [6.07, 6.45) is 2.62. The number of carbonyl (C=O) groups excluding carboxylic acids is 1. The summed E-state index contributed by atoms with van der Waals surface area (Å²) in [6.45, 7) is 0.986. The fourth-order valence-electron chi connectivity index (χ4n) is 1.96. The molecule has 0 aromatic heterocycles. The van der Waals surface area contributed by atoms with E-state index in [2.05, 4.69) is 26.6 Å². The van der Waals surface area contributed by atoms with Gasteiger partial charge in [-0.15, -0.1) is 12.4 Å². The highest BCUT2D eigenvalue weighted by atomic mass is 79.9. The van der Waals surface area contributed by atoms with Crippen molar-refractivity contribution in [2.24, 2.45) is 0 Å². The third-order valence-electron chi connectivity index (χ3n) is 2.83. The van der Waals surface area contributed by atoms with Crippen LogP contribution in [0.5, 0.6) is 5.75 Å². The molecule has 1 atom stereocenters. The Balaban J connectivity index is 0.00000162. The van der Waals surface area contributed by atoms with E-state index in [4.69, 9.17) is 0 Å². The van der Waals surface area contributed by atoms with Crippen LogP contribution >= 0.6 is 28.3 Å². The first kappa shape index (κ1) is 15.3. The van der Waals surface area contributed by atoms with Crippen molar-refractivity contribution in [1.29, 1.82) is 0 Å². The summed E-state index contributed by atoms with van der Waals surface area (Å²) in [6, 6.07) is 5.23. The van der Waals surface area contributed by atoms with Gasteiger partial charge in [-0.05, 0) is 37.6 Å². The molecule has 1 amide bonds. The Kier molecular flexibility index (Phi) is 5.91. The largest absolute Gasteiger partial charge is 0.506 e. The van der Waals surface area contributed by atoms with Gasteiger partial charge in [0, 0.05) is 16.9 Å². The van der Waals surface area contributed by atoms with E-state index in [1.807, 2.05) is 0 Å². The van der Waals surface area contributed by atoms with Gasteiger partial charge in [-0.2, -0.15) is 0 Å². The van der Waals surface area contributed by atoms with E-state index in [-0.39, 0.29) is 30.1 Å². The van der Waals surface area contributed by atoms with E-state index in [0.717, 1.165) is 23.9 Å². The number of aromatic hydroxyl groups is 1. The zero-order chi connectivity index (χ0) is 12.3. The van der Waals surface area contributed by atoms with E-state index < -0.39 is 0 Å². The van der Waals surface area contributed by atoms with Gasteiger partial charge in [0.2, 0.25) is 5.91 Å². The molecule has 0 bridgehead atoms. The van der Waals surface area contributed by atoms with Crippen LogP contribution in [0.15, 0.2) is 22.7 Å². The van der Waals surface area contributed by atoms with Crippen LogP contribution < -0.4 is 10.6 Å². The molecule has 1 aliphatic heterocycles. The molecule has 1 unspecified atom stereocenters. The van der Waals surface area contributed by atoms with Gasteiger partial charge in [0.1, 0.15) is 5.75 Å². The molecule has 1 saturated heterocycles. The molecule has 100 valence electrons. The molecule has 1 aromatic rings. The van der Waals surface area contributed by atoms with Crippen molar-refractivity contribution in [3.63, 3.8) is 0 Å². The topological polar surface area (TPSA) is 61.4 Å². The van der Waals surface area contributed by atoms with Crippen molar-refractivity contribution in [3.8, 4) is 5.75 Å². The van der Waals surface area contributed by atoms with E-state index in [9.17, 15) is 9.90 Å². The van der Waals surface area contributed by atoms with Gasteiger partial charge >= 0.3 is 0 Å². The van der Waals surface area contributed by atoms with Crippen molar-refractivity contribution in [3.05, 3.63) is 22.7 Å². The zero-order valence-corrected chi connectivity index (χ0v) is 12.2. The van der Waals surface area contributed by atoms with E-state index in [1.54, 1.807) is 18.2 Å². The van der Waals surface area contributed by atoms with Gasteiger partial charge in [-0.25, -0.2) is 0 Å². The van der Waals surface area contributed by atoms with Gasteiger partial charge in [0.05, 0.1) is 5.69 Å². The van der Waals surface area contributed by atoms with Crippen molar-refractivity contribution < 1.29 is 9.90 Å². The third kappa shape index (κ3) is 4.15. The molecule has 2 rings (SSSR count). The number of benzene rings is 1. The molecule has 6 heteroatoms. The minimum absolute atomic E-state index is 0. The second kappa shape index (κ2) is 6.97. The van der Waals surface area contributed by atoms with Crippen LogP contribution in [0.25, 0.3) is 0 Å². The summed E-state index contributed by atoms with van der Waals surface area (Å²) in [4.78, 5) is 11.8. The smallest absolute Gasteiger partial charge is 0.226 e. The lowest BCUT2D eigenvalue weighted by molar-refractivity contribution is -0.116. The highest BCUT2D eigenvalue weighted by molar-refractivity contribution is 9.10. The molecule has 0 spiro atoms. The minimum Gasteiger partial charge on any atom is -0.506 e. The molecular formula is C12H16BrClN2O2. The monoisotopic (exact) mass is 334 g/mol. The van der Waals surface area contributed by atoms with Crippen LogP contribution in [-0.4, -0.2) is 23.6 Å². The molecule has 0 saturated carbocycles. The normalized spacial score (nSPS) is 18.2. The lowest BCUT2D eigenvalue weighted by Crippen LogP contribution is -2.27. The number of phenolic OH excluding ortho intramolecular Hbond substituents is 1. The Bertz CT molecular complexity index is 423. The second-order valence-electron chi connectivity index (χ2n) is 4.21. The van der Waals surface area contributed by atoms with E-state index in [1.165, 1.54) is 0 Å². The standard InChI is InChI=1S/C12H15BrN2O2.ClH/c13-8-3-4-11(16)10(6-8)15-12(17)7-9-2-1-5-14-9;/h3-4,6,9,14,16H,1-2,5,7H2,(H,15,17);1H. The summed E-state index contributed by atoms with van der Waals surface area (Å²) >= 11 is 3.30. The molecule has 4 nitrogen and oxygen atoms in total. The SMILES string of the molecule is Cl.O=C(CC1CCCN1)Nc1cc(Br)ccc1O. The molecular weight excluding hydrogens is 320 g/mol. The average Bonchev–Trinajstić information content (AvgIpc) is 2.76. The highest BCUT2D eigenvalue weighted by Gasteiger charge is 2.18. The fourth-order valence-corrected chi connectivity index (χ4v) is 2.33. The molecule has 0 radical (unpaired) electrons. The zero-order valence-electron chi connectivity index (χ0n) is 9.78. The Morgan fingerprint density at radius 1 is 1.56 bits per heavy atom. The van der Waals surface area contributed by atoms with Gasteiger partial charge in [-0.3, -0.25) is 4.79 Å². The third-order valence-corrected chi connectivity index (χ3v) is 3.32. The molecule has 1 aromatic carbocycles. The Morgan fingerprint density at radius 2 is 2.33 bits per heavy atom. The number of hydrogen-bond acceptors (Lipinski definition) is 3. The molecule has 1 aliphatic rings. The fraction of sp³-hybridized carbons (Fsp3) is 0.417. The van der Waals surface area contributed by atoms with Gasteiger partial charge in [0.25, 0.3) is 0 Å². The van der Waals surface area contributed by atoms with Crippen LogP contribution in [-0.2, 0) is 4.79 Å². The lowest BCUT2D eigenvalue weighted by Gasteiger charge is -2.11. The number of anilines is 1. The van der Waals surface area contributed by atoms with Gasteiger partial charge in [0.15, 0.2) is 0 Å². The Labute approximate surface area is 121 Å². The summed E-state index contributed by atoms with van der Waals surface area (Å²) in [5, 5.41) is 15.6. The van der Waals surface area contributed by atoms with Gasteiger partial charge < -0.3 is 15.7 Å². The summed E-state index contributed by atoms with van der Waals surface area (Å²) in [5.74, 6) is 0.0127. The van der Waals surface area contributed by atoms with Crippen LogP contribution in [0, 0.1) is 0 Å². The highest BCUT2D eigenvalue weighted by Crippen LogP contribution is 2.27. The minimum atomic E-state index is -0.0715. The average molecular weight is 336 g/mol. The van der Waals surface area contributed by atoms with Crippen molar-refractivity contribution >= 4 is 39.9 Å². The number of carbonyl (C=O) groups is 1. The Hall–Kier alpha value is -0.780. The predicted octanol–water partition coefficient (Wildman–Crippen LogP) is 2.66. The van der Waals surface area contributed by atoms with Crippen molar-refractivity contribution in [2.45, 2.75) is 25.3 Å². The Morgan fingerprint density at radius 3 is 3.00 bits per heavy atom. The maximum absolute atomic E-state index is 11.8. The van der Waals surface area contributed by atoms with Crippen LogP contribution in [0.1, 0.15) is 19.3 Å². The second-order valence-corrected chi connectivity index (χ2v) is 5.12. The number of halogens is 2. The van der Waals surface area contributed by atoms with Crippen LogP contribution in [0.2, 0.25) is 0 Å². The maximum Gasteiger partial charge on any atom is 0.226 e. The predicted molar refractivity (Wildman–Crippen MR) is 77.3 cm³/mol. The number of phenols is 1.